The number of halogens is 1. The molecule has 10 nitrogen and oxygen atoms in total. The maximum Gasteiger partial charge on any atom is 0.321 e. The van der Waals surface area contributed by atoms with E-state index >= 15 is 0 Å². The first kappa shape index (κ1) is 27.1. The number of amides is 3. The van der Waals surface area contributed by atoms with Crippen LogP contribution in [0.2, 0.25) is 0 Å². The van der Waals surface area contributed by atoms with Crippen LogP contribution in [0.4, 0.5) is 43.7 Å². The van der Waals surface area contributed by atoms with Crippen LogP contribution in [0.3, 0.4) is 0 Å². The summed E-state index contributed by atoms with van der Waals surface area (Å²) in [5.41, 5.74) is 5.47. The number of nitrogens with one attached hydrogen (secondary N) is 4. The largest absolute Gasteiger partial charge is 0.340 e. The minimum Gasteiger partial charge on any atom is -0.340 e. The van der Waals surface area contributed by atoms with E-state index in [9.17, 15) is 14.0 Å². The molecule has 2 aliphatic rings. The van der Waals surface area contributed by atoms with Gasteiger partial charge in [-0.25, -0.2) is 14.2 Å². The molecule has 0 saturated carbocycles. The number of urea groups is 1. The van der Waals surface area contributed by atoms with Gasteiger partial charge in [-0.15, -0.1) is 0 Å². The summed E-state index contributed by atoms with van der Waals surface area (Å²) in [7, 11) is 0. The quantitative estimate of drug-likeness (QED) is 0.247. The maximum atomic E-state index is 13.9. The van der Waals surface area contributed by atoms with E-state index in [1.54, 1.807) is 29.4 Å². The second kappa shape index (κ2) is 11.8. The predicted octanol–water partition coefficient (Wildman–Crippen LogP) is 5.79. The summed E-state index contributed by atoms with van der Waals surface area (Å²) < 4.78 is 13.9. The summed E-state index contributed by atoms with van der Waals surface area (Å²) >= 11 is 0. The van der Waals surface area contributed by atoms with Crippen LogP contribution in [-0.4, -0.2) is 44.9 Å². The van der Waals surface area contributed by atoms with Gasteiger partial charge in [0.15, 0.2) is 0 Å². The molecule has 4 heterocycles. The highest BCUT2D eigenvalue weighted by Gasteiger charge is 2.28. The van der Waals surface area contributed by atoms with Crippen molar-refractivity contribution in [2.45, 2.75) is 32.6 Å². The summed E-state index contributed by atoms with van der Waals surface area (Å²) in [5, 5.41) is 12.3. The van der Waals surface area contributed by atoms with Gasteiger partial charge in [-0.1, -0.05) is 12.1 Å². The van der Waals surface area contributed by atoms with Crippen molar-refractivity contribution >= 4 is 46.5 Å². The van der Waals surface area contributed by atoms with Crippen molar-refractivity contribution in [3.8, 4) is 0 Å². The minimum absolute atomic E-state index is 0.0126. The van der Waals surface area contributed by atoms with Gasteiger partial charge in [-0.2, -0.15) is 4.98 Å². The number of carbonyl (C=O) groups excluding carboxylic acids is 2. The van der Waals surface area contributed by atoms with Crippen LogP contribution in [0, 0.1) is 18.7 Å². The number of para-hydroxylation sites is 1. The Morgan fingerprint density at radius 3 is 2.76 bits per heavy atom. The van der Waals surface area contributed by atoms with E-state index in [0.717, 1.165) is 40.2 Å². The SMILES string of the molecule is Cc1cnc2nc1Nc1ccc(NC(=O)C[C@@H]3CCN(C(=O)Nc4ccccc4F)C3)c(c1)CCc1cncc(c1)N2. The molecule has 1 saturated heterocycles. The van der Waals surface area contributed by atoms with Gasteiger partial charge in [0.05, 0.1) is 17.6 Å². The number of aryl methyl sites for hydroxylation is 3. The Morgan fingerprint density at radius 2 is 1.88 bits per heavy atom. The van der Waals surface area contributed by atoms with E-state index in [1.807, 2.05) is 37.4 Å². The van der Waals surface area contributed by atoms with Gasteiger partial charge >= 0.3 is 6.03 Å². The van der Waals surface area contributed by atoms with Gasteiger partial charge in [0, 0.05) is 48.8 Å². The number of fused-ring (bicyclic) bond motifs is 6. The number of carbonyl (C=O) groups is 2. The molecule has 0 spiro atoms. The number of benzene rings is 2. The van der Waals surface area contributed by atoms with Crippen LogP contribution >= 0.6 is 0 Å². The minimum atomic E-state index is -0.483. The van der Waals surface area contributed by atoms with E-state index in [1.165, 1.54) is 12.1 Å². The van der Waals surface area contributed by atoms with E-state index in [2.05, 4.69) is 36.2 Å². The number of rotatable bonds is 4. The summed E-state index contributed by atoms with van der Waals surface area (Å²) in [6.45, 7) is 2.88. The molecule has 2 aromatic heterocycles. The fourth-order valence-corrected chi connectivity index (χ4v) is 5.27. The molecule has 1 atom stereocenters. The lowest BCUT2D eigenvalue weighted by molar-refractivity contribution is -0.117. The average molecular weight is 567 g/mol. The topological polar surface area (TPSA) is 124 Å². The standard InChI is InChI=1S/C31H31FN8O2/c1-19-15-34-30-36-24-12-20(16-33-17-24)6-7-22-14-23(35-29(19)39-30)8-9-26(22)37-28(41)13-21-10-11-40(18-21)31(42)38-27-5-3-2-4-25(27)32/h2-5,8-9,12,14-17,21H,6-7,10-11,13,18H2,1H3,(H,37,41)(H,38,42)(H2,34,35,36,39)/t21-/m0/s1. The lowest BCUT2D eigenvalue weighted by Crippen LogP contribution is -2.33. The summed E-state index contributed by atoms with van der Waals surface area (Å²) in [6, 6.07) is 13.6. The zero-order chi connectivity index (χ0) is 29.1. The summed E-state index contributed by atoms with van der Waals surface area (Å²) in [4.78, 5) is 40.8. The Morgan fingerprint density at radius 1 is 1.00 bits per heavy atom. The summed E-state index contributed by atoms with van der Waals surface area (Å²) in [5.74, 6) is 0.575. The smallest absolute Gasteiger partial charge is 0.321 e. The third-order valence-corrected chi connectivity index (χ3v) is 7.51. The molecule has 4 aromatic rings. The molecule has 0 radical (unpaired) electrons. The van der Waals surface area contributed by atoms with Gasteiger partial charge in [0.2, 0.25) is 11.9 Å². The normalized spacial score (nSPS) is 15.8. The van der Waals surface area contributed by atoms with Crippen LogP contribution in [0.5, 0.6) is 0 Å². The highest BCUT2D eigenvalue weighted by molar-refractivity contribution is 5.92. The Hall–Kier alpha value is -5.06. The van der Waals surface area contributed by atoms with Crippen molar-refractivity contribution in [2.24, 2.45) is 5.92 Å². The number of nitrogens with zero attached hydrogens (tertiary/aromatic N) is 4. The van der Waals surface area contributed by atoms with Crippen LogP contribution < -0.4 is 21.3 Å². The van der Waals surface area contributed by atoms with E-state index in [4.69, 9.17) is 0 Å². The van der Waals surface area contributed by atoms with Crippen molar-refractivity contribution in [1.29, 1.82) is 0 Å². The molecule has 6 rings (SSSR count). The Labute approximate surface area is 242 Å². The molecule has 6 bridgehead atoms. The zero-order valence-corrected chi connectivity index (χ0v) is 23.2. The molecule has 11 heteroatoms. The zero-order valence-electron chi connectivity index (χ0n) is 23.2. The first-order valence-corrected chi connectivity index (χ1v) is 13.9. The van der Waals surface area contributed by atoms with Crippen molar-refractivity contribution in [1.82, 2.24) is 19.9 Å². The van der Waals surface area contributed by atoms with Gasteiger partial charge in [0.25, 0.3) is 0 Å². The monoisotopic (exact) mass is 566 g/mol. The fourth-order valence-electron chi connectivity index (χ4n) is 5.27. The molecule has 214 valence electrons. The second-order valence-electron chi connectivity index (χ2n) is 10.7. The summed E-state index contributed by atoms with van der Waals surface area (Å²) in [6.07, 6.45) is 7.72. The molecule has 1 fully saturated rings. The Balaban J connectivity index is 1.14. The molecular weight excluding hydrogens is 535 g/mol. The van der Waals surface area contributed by atoms with Gasteiger partial charge in [-0.3, -0.25) is 9.78 Å². The number of aromatic nitrogens is 3. The molecule has 0 aliphatic carbocycles. The predicted molar refractivity (Wildman–Crippen MR) is 160 cm³/mol. The molecule has 42 heavy (non-hydrogen) atoms. The van der Waals surface area contributed by atoms with Crippen molar-refractivity contribution in [3.05, 3.63) is 89.6 Å². The number of likely N-dealkylation sites (tertiary alicyclic amines) is 1. The molecule has 2 aliphatic heterocycles. The first-order valence-electron chi connectivity index (χ1n) is 13.9. The van der Waals surface area contributed by atoms with E-state index in [0.29, 0.717) is 37.7 Å². The molecule has 2 aromatic carbocycles. The number of hydrogen-bond acceptors (Lipinski definition) is 7. The number of anilines is 6. The molecule has 4 N–H and O–H groups in total. The van der Waals surface area contributed by atoms with Crippen molar-refractivity contribution in [3.63, 3.8) is 0 Å². The van der Waals surface area contributed by atoms with Gasteiger partial charge in [-0.05, 0) is 79.6 Å². The number of pyridine rings is 1. The van der Waals surface area contributed by atoms with Crippen LogP contribution in [0.1, 0.15) is 29.5 Å². The van der Waals surface area contributed by atoms with Crippen LogP contribution in [0.15, 0.2) is 67.1 Å². The molecule has 0 unspecified atom stereocenters. The first-order chi connectivity index (χ1) is 20.4. The van der Waals surface area contributed by atoms with Gasteiger partial charge in [0.1, 0.15) is 11.6 Å². The third-order valence-electron chi connectivity index (χ3n) is 7.51. The molecular formula is C31H31FN8O2. The van der Waals surface area contributed by atoms with Crippen LogP contribution in [0.25, 0.3) is 0 Å². The third kappa shape index (κ3) is 6.30. The average Bonchev–Trinajstić information content (AvgIpc) is 3.44. The fraction of sp³-hybridized carbons (Fsp3) is 0.258. The highest BCUT2D eigenvalue weighted by Crippen LogP contribution is 2.28. The van der Waals surface area contributed by atoms with Crippen LogP contribution in [-0.2, 0) is 17.6 Å². The van der Waals surface area contributed by atoms with E-state index < -0.39 is 5.82 Å². The highest BCUT2D eigenvalue weighted by atomic mass is 19.1. The lowest BCUT2D eigenvalue weighted by atomic mass is 10.0. The van der Waals surface area contributed by atoms with Crippen molar-refractivity contribution in [2.75, 3.05) is 34.4 Å². The Bertz CT molecular complexity index is 1650. The van der Waals surface area contributed by atoms with Gasteiger partial charge < -0.3 is 26.2 Å². The second-order valence-corrected chi connectivity index (χ2v) is 10.7. The lowest BCUT2D eigenvalue weighted by Gasteiger charge is -2.18. The molecule has 3 amide bonds. The van der Waals surface area contributed by atoms with E-state index in [-0.39, 0.29) is 30.0 Å². The maximum absolute atomic E-state index is 13.9. The number of hydrogen-bond donors (Lipinski definition) is 4. The Kier molecular flexibility index (Phi) is 7.63. The van der Waals surface area contributed by atoms with Crippen molar-refractivity contribution < 1.29 is 14.0 Å².